The van der Waals surface area contributed by atoms with Crippen molar-refractivity contribution >= 4 is 17.5 Å². The van der Waals surface area contributed by atoms with E-state index < -0.39 is 11.8 Å². The summed E-state index contributed by atoms with van der Waals surface area (Å²) in [7, 11) is 0. The van der Waals surface area contributed by atoms with Crippen LogP contribution in [0.4, 0.5) is 5.69 Å². The molecule has 1 heterocycles. The van der Waals surface area contributed by atoms with Crippen molar-refractivity contribution in [2.75, 3.05) is 18.0 Å². The zero-order valence-electron chi connectivity index (χ0n) is 18.9. The fourth-order valence-electron chi connectivity index (χ4n) is 4.84. The predicted octanol–water partition coefficient (Wildman–Crippen LogP) is 4.14. The summed E-state index contributed by atoms with van der Waals surface area (Å²) in [5.74, 6) is -0.987. The second kappa shape index (κ2) is 11.2. The summed E-state index contributed by atoms with van der Waals surface area (Å²) in [6, 6.07) is 17.6. The first-order chi connectivity index (χ1) is 15.7. The zero-order valence-corrected chi connectivity index (χ0v) is 18.9. The molecule has 0 saturated heterocycles. The van der Waals surface area contributed by atoms with Gasteiger partial charge in [-0.15, -0.1) is 0 Å². The van der Waals surface area contributed by atoms with Gasteiger partial charge in [0.05, 0.1) is 0 Å². The number of amides is 2. The highest BCUT2D eigenvalue weighted by atomic mass is 16.2. The molecule has 32 heavy (non-hydrogen) atoms. The quantitative estimate of drug-likeness (QED) is 0.409. The molecule has 5 heteroatoms. The molecule has 1 aliphatic carbocycles. The minimum atomic E-state index is -0.505. The lowest BCUT2D eigenvalue weighted by Crippen LogP contribution is -2.44. The van der Waals surface area contributed by atoms with Crippen LogP contribution in [0.2, 0.25) is 0 Å². The Labute approximate surface area is 191 Å². The monoisotopic (exact) mass is 433 g/mol. The Bertz CT molecular complexity index is 901. The molecule has 1 fully saturated rings. The van der Waals surface area contributed by atoms with Gasteiger partial charge >= 0.3 is 11.8 Å². The molecule has 4 rings (SSSR count). The molecule has 2 aliphatic rings. The molecule has 1 saturated carbocycles. The summed E-state index contributed by atoms with van der Waals surface area (Å²) in [5, 5.41) is 5.68. The van der Waals surface area contributed by atoms with E-state index in [1.807, 2.05) is 0 Å². The highest BCUT2D eigenvalue weighted by molar-refractivity contribution is 6.35. The SMILES string of the molecule is O=C(NCCCc1ccc(N2CCc3ccccc3C2)cc1)C(=O)NC1CCCCCC1. The average molecular weight is 434 g/mol. The van der Waals surface area contributed by atoms with Crippen molar-refractivity contribution in [3.8, 4) is 0 Å². The number of hydrogen-bond acceptors (Lipinski definition) is 3. The standard InChI is InChI=1S/C27H35N3O2/c31-26(27(32)29-24-11-3-1-2-4-12-24)28-18-7-8-21-13-15-25(16-14-21)30-19-17-22-9-5-6-10-23(22)20-30/h5-6,9-10,13-16,24H,1-4,7-8,11-12,17-20H2,(H,28,31)(H,29,32). The van der Waals surface area contributed by atoms with E-state index in [0.717, 1.165) is 58.0 Å². The van der Waals surface area contributed by atoms with Crippen LogP contribution in [0.1, 0.15) is 61.6 Å². The molecule has 0 bridgehead atoms. The Morgan fingerprint density at radius 2 is 1.59 bits per heavy atom. The van der Waals surface area contributed by atoms with Gasteiger partial charge in [0.2, 0.25) is 0 Å². The summed E-state index contributed by atoms with van der Waals surface area (Å²) < 4.78 is 0. The maximum Gasteiger partial charge on any atom is 0.309 e. The molecule has 5 nitrogen and oxygen atoms in total. The highest BCUT2D eigenvalue weighted by Crippen LogP contribution is 2.24. The maximum absolute atomic E-state index is 12.1. The van der Waals surface area contributed by atoms with Crippen molar-refractivity contribution < 1.29 is 9.59 Å². The number of rotatable bonds is 6. The van der Waals surface area contributed by atoms with Crippen LogP contribution in [-0.4, -0.2) is 30.9 Å². The van der Waals surface area contributed by atoms with E-state index in [-0.39, 0.29) is 6.04 Å². The van der Waals surface area contributed by atoms with Gasteiger partial charge in [-0.2, -0.15) is 0 Å². The third kappa shape index (κ3) is 6.12. The van der Waals surface area contributed by atoms with Gasteiger partial charge in [-0.25, -0.2) is 0 Å². The minimum Gasteiger partial charge on any atom is -0.367 e. The predicted molar refractivity (Wildman–Crippen MR) is 129 cm³/mol. The topological polar surface area (TPSA) is 61.4 Å². The van der Waals surface area contributed by atoms with Crippen LogP contribution in [-0.2, 0) is 29.0 Å². The van der Waals surface area contributed by atoms with Crippen LogP contribution in [0.25, 0.3) is 0 Å². The molecule has 170 valence electrons. The summed E-state index contributed by atoms with van der Waals surface area (Å²) >= 11 is 0. The minimum absolute atomic E-state index is 0.155. The normalized spacial score (nSPS) is 16.7. The number of fused-ring (bicyclic) bond motifs is 1. The number of aryl methyl sites for hydroxylation is 1. The maximum atomic E-state index is 12.1. The van der Waals surface area contributed by atoms with Crippen LogP contribution in [0.15, 0.2) is 48.5 Å². The number of nitrogens with zero attached hydrogens (tertiary/aromatic N) is 1. The van der Waals surface area contributed by atoms with Crippen molar-refractivity contribution in [3.05, 3.63) is 65.2 Å². The molecular formula is C27H35N3O2. The van der Waals surface area contributed by atoms with E-state index >= 15 is 0 Å². The Morgan fingerprint density at radius 1 is 0.875 bits per heavy atom. The lowest BCUT2D eigenvalue weighted by Gasteiger charge is -2.30. The Kier molecular flexibility index (Phi) is 7.81. The van der Waals surface area contributed by atoms with Gasteiger partial charge in [0.15, 0.2) is 0 Å². The molecule has 2 amide bonds. The Balaban J connectivity index is 1.17. The van der Waals surface area contributed by atoms with E-state index in [9.17, 15) is 9.59 Å². The lowest BCUT2D eigenvalue weighted by molar-refractivity contribution is -0.139. The lowest BCUT2D eigenvalue weighted by atomic mass is 9.99. The first-order valence-corrected chi connectivity index (χ1v) is 12.2. The van der Waals surface area contributed by atoms with Crippen LogP contribution < -0.4 is 15.5 Å². The first-order valence-electron chi connectivity index (χ1n) is 12.2. The van der Waals surface area contributed by atoms with E-state index in [1.54, 1.807) is 0 Å². The van der Waals surface area contributed by atoms with Crippen LogP contribution in [0, 0.1) is 0 Å². The number of benzene rings is 2. The average Bonchev–Trinajstić information content (AvgIpc) is 3.10. The molecule has 0 radical (unpaired) electrons. The smallest absolute Gasteiger partial charge is 0.309 e. The second-order valence-corrected chi connectivity index (χ2v) is 9.13. The zero-order chi connectivity index (χ0) is 22.2. The number of hydrogen-bond donors (Lipinski definition) is 2. The Morgan fingerprint density at radius 3 is 2.34 bits per heavy atom. The van der Waals surface area contributed by atoms with Gasteiger partial charge in [0, 0.05) is 31.4 Å². The molecule has 0 spiro atoms. The third-order valence-corrected chi connectivity index (χ3v) is 6.76. The van der Waals surface area contributed by atoms with Gasteiger partial charge in [-0.3, -0.25) is 9.59 Å². The van der Waals surface area contributed by atoms with Crippen LogP contribution >= 0.6 is 0 Å². The van der Waals surface area contributed by atoms with Gasteiger partial charge in [0.25, 0.3) is 0 Å². The summed E-state index contributed by atoms with van der Waals surface area (Å²) in [6.07, 6.45) is 9.49. The van der Waals surface area contributed by atoms with Crippen molar-refractivity contribution in [1.29, 1.82) is 0 Å². The number of anilines is 1. The number of carbonyl (C=O) groups excluding carboxylic acids is 2. The summed E-state index contributed by atoms with van der Waals surface area (Å²) in [5.41, 5.74) is 5.39. The van der Waals surface area contributed by atoms with Crippen molar-refractivity contribution in [3.63, 3.8) is 0 Å². The largest absolute Gasteiger partial charge is 0.367 e. The van der Waals surface area contributed by atoms with Crippen molar-refractivity contribution in [1.82, 2.24) is 10.6 Å². The van der Waals surface area contributed by atoms with Gasteiger partial charge in [-0.1, -0.05) is 62.1 Å². The molecule has 0 atom stereocenters. The van der Waals surface area contributed by atoms with E-state index in [1.165, 1.54) is 35.2 Å². The highest BCUT2D eigenvalue weighted by Gasteiger charge is 2.19. The molecule has 0 aromatic heterocycles. The fraction of sp³-hybridized carbons (Fsp3) is 0.481. The van der Waals surface area contributed by atoms with Gasteiger partial charge in [-0.05, 0) is 60.9 Å². The van der Waals surface area contributed by atoms with E-state index in [4.69, 9.17) is 0 Å². The van der Waals surface area contributed by atoms with Crippen LogP contribution in [0.3, 0.4) is 0 Å². The molecule has 2 N–H and O–H groups in total. The number of carbonyl (C=O) groups is 2. The third-order valence-electron chi connectivity index (χ3n) is 6.76. The summed E-state index contributed by atoms with van der Waals surface area (Å²) in [6.45, 7) is 2.53. The Hall–Kier alpha value is -2.82. The van der Waals surface area contributed by atoms with Gasteiger partial charge in [0.1, 0.15) is 0 Å². The molecule has 2 aromatic rings. The van der Waals surface area contributed by atoms with Gasteiger partial charge < -0.3 is 15.5 Å². The molecule has 2 aromatic carbocycles. The summed E-state index contributed by atoms with van der Waals surface area (Å²) in [4.78, 5) is 26.6. The van der Waals surface area contributed by atoms with E-state index in [0.29, 0.717) is 6.54 Å². The van der Waals surface area contributed by atoms with Crippen molar-refractivity contribution in [2.45, 2.75) is 70.4 Å². The first kappa shape index (κ1) is 22.4. The van der Waals surface area contributed by atoms with Crippen LogP contribution in [0.5, 0.6) is 0 Å². The molecular weight excluding hydrogens is 398 g/mol. The molecule has 1 aliphatic heterocycles. The van der Waals surface area contributed by atoms with Crippen molar-refractivity contribution in [2.24, 2.45) is 0 Å². The fourth-order valence-corrected chi connectivity index (χ4v) is 4.84. The molecule has 0 unspecified atom stereocenters. The number of nitrogens with one attached hydrogen (secondary N) is 2. The second-order valence-electron chi connectivity index (χ2n) is 9.13. The van der Waals surface area contributed by atoms with E-state index in [2.05, 4.69) is 64.1 Å².